The third kappa shape index (κ3) is 3.75. The lowest BCUT2D eigenvalue weighted by atomic mass is 9.98. The summed E-state index contributed by atoms with van der Waals surface area (Å²) in [6.07, 6.45) is 8.79. The summed E-state index contributed by atoms with van der Waals surface area (Å²) in [6, 6.07) is 7.27. The van der Waals surface area contributed by atoms with Gasteiger partial charge in [-0.2, -0.15) is 0 Å². The molecule has 0 amide bonds. The van der Waals surface area contributed by atoms with Crippen LogP contribution in [0.1, 0.15) is 22.7 Å². The number of hydrogen-bond donors (Lipinski definition) is 2. The number of nitrogens with zero attached hydrogens (tertiary/aromatic N) is 4. The number of nitrogen functional groups attached to an aromatic ring is 1. The van der Waals surface area contributed by atoms with Crippen LogP contribution < -0.4 is 5.73 Å². The number of carbonyl (C=O) groups is 1. The number of aliphatic carboxylic acids is 1. The highest BCUT2D eigenvalue weighted by Crippen LogP contribution is 2.20. The van der Waals surface area contributed by atoms with Crippen LogP contribution in [-0.4, -0.2) is 30.6 Å². The monoisotopic (exact) mass is 323 g/mol. The summed E-state index contributed by atoms with van der Waals surface area (Å²) in [4.78, 5) is 24.0. The summed E-state index contributed by atoms with van der Waals surface area (Å²) in [7, 11) is 0. The number of rotatable bonds is 6. The zero-order chi connectivity index (χ0) is 16.9. The number of nitrogens with two attached hydrogens (primary N) is 1. The van der Waals surface area contributed by atoms with Crippen LogP contribution in [0.2, 0.25) is 0 Å². The molecule has 0 aromatic carbocycles. The highest BCUT2D eigenvalue weighted by Gasteiger charge is 2.23. The minimum Gasteiger partial charge on any atom is -0.481 e. The number of pyridine rings is 2. The molecule has 3 aromatic rings. The van der Waals surface area contributed by atoms with Crippen molar-refractivity contribution < 1.29 is 9.90 Å². The van der Waals surface area contributed by atoms with Crippen molar-refractivity contribution in [2.75, 3.05) is 5.73 Å². The number of hydrogen-bond acceptors (Lipinski definition) is 5. The first-order valence-electron chi connectivity index (χ1n) is 7.45. The molecular formula is C17H17N5O2. The molecule has 1 unspecified atom stereocenters. The number of aromatic nitrogens is 4. The zero-order valence-electron chi connectivity index (χ0n) is 12.9. The standard InChI is InChI=1S/C17H17N5O2/c18-16-4-3-12(8-20-16)6-14(17(23)24)15-10-22(11-21-15)9-13-2-1-5-19-7-13/h1-5,7-8,10-11,14H,6,9H2,(H2,18,20)(H,23,24). The van der Waals surface area contributed by atoms with Crippen molar-refractivity contribution in [1.29, 1.82) is 0 Å². The highest BCUT2D eigenvalue weighted by molar-refractivity contribution is 5.75. The van der Waals surface area contributed by atoms with E-state index in [1.54, 1.807) is 43.2 Å². The van der Waals surface area contributed by atoms with Crippen molar-refractivity contribution in [3.8, 4) is 0 Å². The van der Waals surface area contributed by atoms with E-state index in [2.05, 4.69) is 15.0 Å². The SMILES string of the molecule is Nc1ccc(CC(C(=O)O)c2cn(Cc3cccnc3)cn2)cn1. The predicted octanol–water partition coefficient (Wildman–Crippen LogP) is 1.71. The molecule has 0 radical (unpaired) electrons. The minimum atomic E-state index is -0.918. The second-order valence-electron chi connectivity index (χ2n) is 5.52. The maximum absolute atomic E-state index is 11.6. The Hall–Kier alpha value is -3.22. The minimum absolute atomic E-state index is 0.312. The fourth-order valence-electron chi connectivity index (χ4n) is 2.46. The Morgan fingerprint density at radius 3 is 2.75 bits per heavy atom. The Morgan fingerprint density at radius 1 is 1.21 bits per heavy atom. The van der Waals surface area contributed by atoms with E-state index in [0.717, 1.165) is 11.1 Å². The Balaban J connectivity index is 1.77. The largest absolute Gasteiger partial charge is 0.481 e. The fraction of sp³-hybridized carbons (Fsp3) is 0.176. The van der Waals surface area contributed by atoms with Gasteiger partial charge in [0.2, 0.25) is 0 Å². The van der Waals surface area contributed by atoms with Gasteiger partial charge < -0.3 is 15.4 Å². The first-order valence-corrected chi connectivity index (χ1v) is 7.45. The van der Waals surface area contributed by atoms with Crippen LogP contribution in [0.5, 0.6) is 0 Å². The fourth-order valence-corrected chi connectivity index (χ4v) is 2.46. The van der Waals surface area contributed by atoms with Crippen LogP contribution in [0.3, 0.4) is 0 Å². The van der Waals surface area contributed by atoms with E-state index in [-0.39, 0.29) is 0 Å². The Morgan fingerprint density at radius 2 is 2.08 bits per heavy atom. The summed E-state index contributed by atoms with van der Waals surface area (Å²) >= 11 is 0. The van der Waals surface area contributed by atoms with Gasteiger partial charge in [-0.25, -0.2) is 9.97 Å². The van der Waals surface area contributed by atoms with E-state index >= 15 is 0 Å². The lowest BCUT2D eigenvalue weighted by Gasteiger charge is -2.09. The maximum Gasteiger partial charge on any atom is 0.312 e. The lowest BCUT2D eigenvalue weighted by Crippen LogP contribution is -2.15. The van der Waals surface area contributed by atoms with E-state index in [0.29, 0.717) is 24.5 Å². The van der Waals surface area contributed by atoms with Crippen molar-refractivity contribution in [2.45, 2.75) is 18.9 Å². The van der Waals surface area contributed by atoms with Gasteiger partial charge in [0, 0.05) is 24.8 Å². The molecular weight excluding hydrogens is 306 g/mol. The third-order valence-corrected chi connectivity index (χ3v) is 3.68. The van der Waals surface area contributed by atoms with E-state index in [4.69, 9.17) is 5.73 Å². The summed E-state index contributed by atoms with van der Waals surface area (Å²) in [6.45, 7) is 0.594. The van der Waals surface area contributed by atoms with Crippen LogP contribution in [0, 0.1) is 0 Å². The average molecular weight is 323 g/mol. The van der Waals surface area contributed by atoms with Crippen molar-refractivity contribution in [3.63, 3.8) is 0 Å². The molecule has 0 saturated heterocycles. The number of carboxylic acid groups (broad SMARTS) is 1. The van der Waals surface area contributed by atoms with Crippen molar-refractivity contribution in [1.82, 2.24) is 19.5 Å². The second-order valence-corrected chi connectivity index (χ2v) is 5.52. The molecule has 3 rings (SSSR count). The van der Waals surface area contributed by atoms with Gasteiger partial charge in [0.1, 0.15) is 11.7 Å². The molecule has 0 spiro atoms. The van der Waals surface area contributed by atoms with Crippen LogP contribution in [0.25, 0.3) is 0 Å². The number of imidazole rings is 1. The van der Waals surface area contributed by atoms with Crippen LogP contribution in [0.15, 0.2) is 55.4 Å². The third-order valence-electron chi connectivity index (χ3n) is 3.68. The molecule has 3 heterocycles. The molecule has 0 aliphatic heterocycles. The molecule has 3 aromatic heterocycles. The average Bonchev–Trinajstić information content (AvgIpc) is 3.03. The van der Waals surface area contributed by atoms with Gasteiger partial charge >= 0.3 is 5.97 Å². The number of anilines is 1. The van der Waals surface area contributed by atoms with Crippen molar-refractivity contribution >= 4 is 11.8 Å². The normalized spacial score (nSPS) is 12.0. The van der Waals surface area contributed by atoms with Gasteiger partial charge in [-0.1, -0.05) is 12.1 Å². The molecule has 3 N–H and O–H groups in total. The van der Waals surface area contributed by atoms with Gasteiger partial charge in [0.05, 0.1) is 18.6 Å². The second kappa shape index (κ2) is 6.91. The molecule has 7 heteroatoms. The molecule has 0 fully saturated rings. The first-order chi connectivity index (χ1) is 11.6. The topological polar surface area (TPSA) is 107 Å². The smallest absolute Gasteiger partial charge is 0.312 e. The van der Waals surface area contributed by atoms with Crippen LogP contribution in [0.4, 0.5) is 5.82 Å². The van der Waals surface area contributed by atoms with E-state index in [9.17, 15) is 9.90 Å². The Bertz CT molecular complexity index is 815. The van der Waals surface area contributed by atoms with E-state index in [1.807, 2.05) is 16.7 Å². The molecule has 0 aliphatic rings. The molecule has 7 nitrogen and oxygen atoms in total. The van der Waals surface area contributed by atoms with Crippen molar-refractivity contribution in [2.24, 2.45) is 0 Å². The van der Waals surface area contributed by atoms with Gasteiger partial charge in [-0.15, -0.1) is 0 Å². The quantitative estimate of drug-likeness (QED) is 0.715. The van der Waals surface area contributed by atoms with Gasteiger partial charge in [0.25, 0.3) is 0 Å². The first kappa shape index (κ1) is 15.7. The van der Waals surface area contributed by atoms with Crippen molar-refractivity contribution in [3.05, 3.63) is 72.2 Å². The van der Waals surface area contributed by atoms with Gasteiger partial charge in [0.15, 0.2) is 0 Å². The lowest BCUT2D eigenvalue weighted by molar-refractivity contribution is -0.138. The maximum atomic E-state index is 11.6. The van der Waals surface area contributed by atoms with E-state index in [1.165, 1.54) is 0 Å². The van der Waals surface area contributed by atoms with Gasteiger partial charge in [-0.05, 0) is 29.7 Å². The van der Waals surface area contributed by atoms with Crippen LogP contribution in [-0.2, 0) is 17.8 Å². The molecule has 122 valence electrons. The zero-order valence-corrected chi connectivity index (χ0v) is 12.9. The summed E-state index contributed by atoms with van der Waals surface area (Å²) < 4.78 is 1.85. The molecule has 0 saturated carbocycles. The highest BCUT2D eigenvalue weighted by atomic mass is 16.4. The number of carboxylic acids is 1. The van der Waals surface area contributed by atoms with E-state index < -0.39 is 11.9 Å². The predicted molar refractivity (Wildman–Crippen MR) is 88.3 cm³/mol. The molecule has 0 aliphatic carbocycles. The summed E-state index contributed by atoms with van der Waals surface area (Å²) in [5.41, 5.74) is 7.90. The summed E-state index contributed by atoms with van der Waals surface area (Å²) in [5.74, 6) is -1.24. The molecule has 1 atom stereocenters. The molecule has 0 bridgehead atoms. The van der Waals surface area contributed by atoms with Crippen LogP contribution >= 0.6 is 0 Å². The molecule has 24 heavy (non-hydrogen) atoms. The Kier molecular flexibility index (Phi) is 4.51. The van der Waals surface area contributed by atoms with Gasteiger partial charge in [-0.3, -0.25) is 9.78 Å². The Labute approximate surface area is 138 Å². The summed E-state index contributed by atoms with van der Waals surface area (Å²) in [5, 5.41) is 9.54.